The Morgan fingerprint density at radius 1 is 1.45 bits per heavy atom. The fourth-order valence-corrected chi connectivity index (χ4v) is 3.83. The normalized spacial score (nSPS) is 17.6. The molecule has 20 heavy (non-hydrogen) atoms. The molecule has 0 saturated heterocycles. The largest absolute Gasteiger partial charge is 0.493 e. The van der Waals surface area contributed by atoms with Gasteiger partial charge in [-0.3, -0.25) is 0 Å². The highest BCUT2D eigenvalue weighted by molar-refractivity contribution is 7.99. The Kier molecular flexibility index (Phi) is 4.22. The van der Waals surface area contributed by atoms with Gasteiger partial charge in [0.2, 0.25) is 0 Å². The molecule has 3 rings (SSSR count). The number of aromatic nitrogens is 2. The number of ether oxygens (including phenoxy) is 1. The molecule has 2 aromatic rings. The highest BCUT2D eigenvalue weighted by atomic mass is 35.5. The standard InChI is InChI=1S/C15H17ClN2OS/c1-18-12(8-16)9-17-15(18)20-10-11-6-7-19-14-5-3-2-4-13(11)14/h2-5,9,11H,6-8,10H2,1H3. The molecule has 1 aromatic heterocycles. The monoisotopic (exact) mass is 308 g/mol. The molecule has 0 bridgehead atoms. The van der Waals surface area contributed by atoms with E-state index in [9.17, 15) is 0 Å². The summed E-state index contributed by atoms with van der Waals surface area (Å²) in [6, 6.07) is 8.33. The Labute approximate surface area is 128 Å². The van der Waals surface area contributed by atoms with Crippen LogP contribution in [0.25, 0.3) is 0 Å². The maximum Gasteiger partial charge on any atom is 0.167 e. The predicted octanol–water partition coefficient (Wildman–Crippen LogP) is 3.82. The lowest BCUT2D eigenvalue weighted by molar-refractivity contribution is 0.273. The van der Waals surface area contributed by atoms with Crippen LogP contribution in [-0.4, -0.2) is 21.9 Å². The maximum atomic E-state index is 5.87. The fraction of sp³-hybridized carbons (Fsp3) is 0.400. The van der Waals surface area contributed by atoms with Crippen molar-refractivity contribution in [3.05, 3.63) is 41.7 Å². The third-order valence-electron chi connectivity index (χ3n) is 3.68. The first kappa shape index (κ1) is 13.8. The van der Waals surface area contributed by atoms with Crippen molar-refractivity contribution in [3.8, 4) is 5.75 Å². The second-order valence-corrected chi connectivity index (χ2v) is 6.16. The summed E-state index contributed by atoms with van der Waals surface area (Å²) < 4.78 is 7.78. The average Bonchev–Trinajstić information content (AvgIpc) is 2.85. The van der Waals surface area contributed by atoms with Gasteiger partial charge in [-0.15, -0.1) is 11.6 Å². The number of fused-ring (bicyclic) bond motifs is 1. The summed E-state index contributed by atoms with van der Waals surface area (Å²) in [5.41, 5.74) is 2.37. The number of para-hydroxylation sites is 1. The van der Waals surface area contributed by atoms with Crippen LogP contribution in [0.2, 0.25) is 0 Å². The van der Waals surface area contributed by atoms with Gasteiger partial charge in [0.25, 0.3) is 0 Å². The van der Waals surface area contributed by atoms with Gasteiger partial charge in [0, 0.05) is 18.7 Å². The minimum atomic E-state index is 0.504. The fourth-order valence-electron chi connectivity index (χ4n) is 2.45. The van der Waals surface area contributed by atoms with Crippen molar-refractivity contribution >= 4 is 23.4 Å². The van der Waals surface area contributed by atoms with Gasteiger partial charge in [-0.1, -0.05) is 30.0 Å². The summed E-state index contributed by atoms with van der Waals surface area (Å²) in [5, 5.41) is 1.03. The SMILES string of the molecule is Cn1c(CCl)cnc1SCC1CCOc2ccccc21. The third kappa shape index (κ3) is 2.67. The van der Waals surface area contributed by atoms with Crippen LogP contribution in [0.3, 0.4) is 0 Å². The molecule has 1 aliphatic heterocycles. The van der Waals surface area contributed by atoms with Gasteiger partial charge >= 0.3 is 0 Å². The number of benzene rings is 1. The number of nitrogens with zero attached hydrogens (tertiary/aromatic N) is 2. The van der Waals surface area contributed by atoms with E-state index in [4.69, 9.17) is 16.3 Å². The molecule has 0 N–H and O–H groups in total. The van der Waals surface area contributed by atoms with E-state index in [0.29, 0.717) is 11.8 Å². The van der Waals surface area contributed by atoms with Crippen molar-refractivity contribution in [3.63, 3.8) is 0 Å². The molecular formula is C15H17ClN2OS. The zero-order valence-electron chi connectivity index (χ0n) is 11.4. The number of rotatable bonds is 4. The van der Waals surface area contributed by atoms with E-state index in [1.807, 2.05) is 19.3 Å². The molecule has 1 atom stereocenters. The highest BCUT2D eigenvalue weighted by Gasteiger charge is 2.21. The Hall–Kier alpha value is -1.13. The van der Waals surface area contributed by atoms with Crippen LogP contribution in [0.15, 0.2) is 35.6 Å². The van der Waals surface area contributed by atoms with Crippen LogP contribution in [0.1, 0.15) is 23.6 Å². The van der Waals surface area contributed by atoms with Gasteiger partial charge in [0.05, 0.1) is 24.4 Å². The molecule has 0 fully saturated rings. The van der Waals surface area contributed by atoms with Crippen molar-refractivity contribution < 1.29 is 4.74 Å². The first-order valence-electron chi connectivity index (χ1n) is 6.70. The van der Waals surface area contributed by atoms with Crippen molar-refractivity contribution in [1.82, 2.24) is 9.55 Å². The van der Waals surface area contributed by atoms with Crippen LogP contribution in [-0.2, 0) is 12.9 Å². The number of alkyl halides is 1. The van der Waals surface area contributed by atoms with E-state index in [-0.39, 0.29) is 0 Å². The molecule has 0 radical (unpaired) electrons. The molecule has 0 saturated carbocycles. The molecule has 0 aliphatic carbocycles. The van der Waals surface area contributed by atoms with Gasteiger partial charge in [-0.05, 0) is 18.1 Å². The second-order valence-electron chi connectivity index (χ2n) is 4.91. The second kappa shape index (κ2) is 6.10. The summed E-state index contributed by atoms with van der Waals surface area (Å²) >= 11 is 7.67. The van der Waals surface area contributed by atoms with E-state index in [2.05, 4.69) is 27.8 Å². The van der Waals surface area contributed by atoms with Gasteiger partial charge in [-0.25, -0.2) is 4.98 Å². The zero-order valence-corrected chi connectivity index (χ0v) is 13.0. The van der Waals surface area contributed by atoms with Crippen molar-refractivity contribution in [2.45, 2.75) is 23.4 Å². The first-order valence-corrected chi connectivity index (χ1v) is 8.22. The van der Waals surface area contributed by atoms with E-state index in [0.717, 1.165) is 35.4 Å². The number of hydrogen-bond donors (Lipinski definition) is 0. The Morgan fingerprint density at radius 2 is 2.30 bits per heavy atom. The molecule has 1 aliphatic rings. The van der Waals surface area contributed by atoms with Gasteiger partial charge < -0.3 is 9.30 Å². The third-order valence-corrected chi connectivity index (χ3v) is 5.16. The van der Waals surface area contributed by atoms with Crippen LogP contribution in [0.5, 0.6) is 5.75 Å². The Bertz CT molecular complexity index is 599. The van der Waals surface area contributed by atoms with Gasteiger partial charge in [-0.2, -0.15) is 0 Å². The van der Waals surface area contributed by atoms with Crippen LogP contribution >= 0.6 is 23.4 Å². The van der Waals surface area contributed by atoms with E-state index in [1.54, 1.807) is 11.8 Å². The van der Waals surface area contributed by atoms with Crippen molar-refractivity contribution in [2.24, 2.45) is 7.05 Å². The lowest BCUT2D eigenvalue weighted by atomic mass is 9.95. The van der Waals surface area contributed by atoms with Crippen molar-refractivity contribution in [1.29, 1.82) is 0 Å². The lowest BCUT2D eigenvalue weighted by Gasteiger charge is -2.25. The van der Waals surface area contributed by atoms with Crippen LogP contribution < -0.4 is 4.74 Å². The molecular weight excluding hydrogens is 292 g/mol. The quantitative estimate of drug-likeness (QED) is 0.635. The number of thioether (sulfide) groups is 1. The molecule has 5 heteroatoms. The van der Waals surface area contributed by atoms with Gasteiger partial charge in [0.1, 0.15) is 5.75 Å². The molecule has 3 nitrogen and oxygen atoms in total. The summed E-state index contributed by atoms with van der Waals surface area (Å²) in [7, 11) is 2.02. The molecule has 2 heterocycles. The number of halogens is 1. The molecule has 0 amide bonds. The van der Waals surface area contributed by atoms with E-state index < -0.39 is 0 Å². The zero-order chi connectivity index (χ0) is 13.9. The predicted molar refractivity (Wildman–Crippen MR) is 82.8 cm³/mol. The summed E-state index contributed by atoms with van der Waals surface area (Å²) in [6.07, 6.45) is 2.92. The molecule has 1 aromatic carbocycles. The Morgan fingerprint density at radius 3 is 3.10 bits per heavy atom. The average molecular weight is 309 g/mol. The maximum absolute atomic E-state index is 5.87. The van der Waals surface area contributed by atoms with E-state index in [1.165, 1.54) is 5.56 Å². The highest BCUT2D eigenvalue weighted by Crippen LogP contribution is 2.36. The van der Waals surface area contributed by atoms with E-state index >= 15 is 0 Å². The minimum absolute atomic E-state index is 0.504. The van der Waals surface area contributed by atoms with Crippen molar-refractivity contribution in [2.75, 3.05) is 12.4 Å². The number of hydrogen-bond acceptors (Lipinski definition) is 3. The van der Waals surface area contributed by atoms with Crippen LogP contribution in [0.4, 0.5) is 0 Å². The molecule has 106 valence electrons. The molecule has 1 unspecified atom stereocenters. The smallest absolute Gasteiger partial charge is 0.167 e. The topological polar surface area (TPSA) is 27.1 Å². The minimum Gasteiger partial charge on any atom is -0.493 e. The number of imidazole rings is 1. The summed E-state index contributed by atoms with van der Waals surface area (Å²) in [5.74, 6) is 3.09. The summed E-state index contributed by atoms with van der Waals surface area (Å²) in [6.45, 7) is 0.801. The summed E-state index contributed by atoms with van der Waals surface area (Å²) in [4.78, 5) is 4.44. The Balaban J connectivity index is 1.71. The first-order chi connectivity index (χ1) is 9.79. The molecule has 0 spiro atoms. The van der Waals surface area contributed by atoms with Crippen LogP contribution in [0, 0.1) is 0 Å². The van der Waals surface area contributed by atoms with Gasteiger partial charge in [0.15, 0.2) is 5.16 Å². The lowest BCUT2D eigenvalue weighted by Crippen LogP contribution is -2.16.